The van der Waals surface area contributed by atoms with Crippen molar-refractivity contribution in [2.45, 2.75) is 70.8 Å². The van der Waals surface area contributed by atoms with Crippen molar-refractivity contribution in [3.05, 3.63) is 29.3 Å². The van der Waals surface area contributed by atoms with Crippen LogP contribution in [0.15, 0.2) is 22.6 Å². The first-order valence-corrected chi connectivity index (χ1v) is 11.1. The van der Waals surface area contributed by atoms with Gasteiger partial charge in [-0.05, 0) is 53.9 Å². The highest BCUT2D eigenvalue weighted by Gasteiger charge is 2.28. The first-order valence-electron chi connectivity index (χ1n) is 11.1. The maximum absolute atomic E-state index is 6.49. The van der Waals surface area contributed by atoms with Crippen molar-refractivity contribution in [3.8, 4) is 11.6 Å². The van der Waals surface area contributed by atoms with E-state index in [-0.39, 0.29) is 11.5 Å². The molecule has 166 valence electrons. The summed E-state index contributed by atoms with van der Waals surface area (Å²) in [4.78, 5) is 4.92. The molecule has 2 aromatic heterocycles. The Kier molecular flexibility index (Phi) is 5.88. The van der Waals surface area contributed by atoms with Gasteiger partial charge < -0.3 is 20.2 Å². The van der Waals surface area contributed by atoms with Crippen LogP contribution in [0.1, 0.15) is 70.4 Å². The van der Waals surface area contributed by atoms with Crippen LogP contribution < -0.4 is 11.1 Å². The lowest BCUT2D eigenvalue weighted by molar-refractivity contribution is 0.104. The number of nitrogens with zero attached hydrogens (tertiary/aromatic N) is 3. The van der Waals surface area contributed by atoms with Crippen LogP contribution in [0.5, 0.6) is 0 Å². The zero-order chi connectivity index (χ0) is 22.2. The number of rotatable bonds is 8. The van der Waals surface area contributed by atoms with E-state index in [9.17, 15) is 0 Å². The van der Waals surface area contributed by atoms with Crippen LogP contribution in [0.3, 0.4) is 0 Å². The number of aromatic nitrogens is 3. The molecule has 0 bridgehead atoms. The van der Waals surface area contributed by atoms with E-state index in [2.05, 4.69) is 55.3 Å². The first-order chi connectivity index (χ1) is 14.8. The van der Waals surface area contributed by atoms with Gasteiger partial charge in [-0.1, -0.05) is 45.3 Å². The third-order valence-electron chi connectivity index (χ3n) is 5.89. The van der Waals surface area contributed by atoms with Gasteiger partial charge in [0.05, 0.1) is 11.6 Å². The van der Waals surface area contributed by atoms with Gasteiger partial charge in [-0.3, -0.25) is 0 Å². The van der Waals surface area contributed by atoms with Gasteiger partial charge in [0.25, 0.3) is 5.89 Å². The highest BCUT2D eigenvalue weighted by Crippen LogP contribution is 2.44. The first kappa shape index (κ1) is 21.6. The molecule has 1 unspecified atom stereocenters. The molecule has 1 atom stereocenters. The molecule has 0 spiro atoms. The Morgan fingerprint density at radius 2 is 2.00 bits per heavy atom. The predicted octanol–water partition coefficient (Wildman–Crippen LogP) is 5.27. The molecular weight excluding hydrogens is 390 g/mol. The number of nitrogen functional groups attached to an aromatic ring is 1. The van der Waals surface area contributed by atoms with Gasteiger partial charge in [-0.25, -0.2) is 4.98 Å². The Hall–Kier alpha value is -2.67. The molecule has 3 aromatic rings. The lowest BCUT2D eigenvalue weighted by Crippen LogP contribution is -2.21. The minimum absolute atomic E-state index is 0.0583. The summed E-state index contributed by atoms with van der Waals surface area (Å²) in [6.07, 6.45) is 4.62. The van der Waals surface area contributed by atoms with Gasteiger partial charge in [0.2, 0.25) is 0 Å². The molecule has 7 heteroatoms. The van der Waals surface area contributed by atoms with Gasteiger partial charge in [0.1, 0.15) is 5.69 Å². The van der Waals surface area contributed by atoms with E-state index in [1.807, 2.05) is 6.07 Å². The number of benzene rings is 1. The summed E-state index contributed by atoms with van der Waals surface area (Å²) in [7, 11) is 1.71. The summed E-state index contributed by atoms with van der Waals surface area (Å²) in [5.41, 5.74) is 11.2. The fraction of sp³-hybridized carbons (Fsp3) is 0.542. The van der Waals surface area contributed by atoms with E-state index in [0.29, 0.717) is 35.7 Å². The molecule has 2 heterocycles. The molecule has 0 amide bonds. The molecule has 1 saturated carbocycles. The van der Waals surface area contributed by atoms with Crippen LogP contribution in [0, 0.1) is 0 Å². The Morgan fingerprint density at radius 1 is 1.23 bits per heavy atom. The minimum atomic E-state index is -0.0583. The zero-order valence-corrected chi connectivity index (χ0v) is 19.2. The third-order valence-corrected chi connectivity index (χ3v) is 5.89. The summed E-state index contributed by atoms with van der Waals surface area (Å²) in [6, 6.07) is 6.69. The molecule has 0 saturated heterocycles. The van der Waals surface area contributed by atoms with E-state index in [1.165, 1.54) is 24.0 Å². The van der Waals surface area contributed by atoms with Crippen LogP contribution in [-0.2, 0) is 10.2 Å². The molecule has 0 aliphatic heterocycles. The van der Waals surface area contributed by atoms with Crippen molar-refractivity contribution in [2.24, 2.45) is 0 Å². The number of methoxy groups -OCH3 is 1. The number of hydrogen-bond donors (Lipinski definition) is 2. The van der Waals surface area contributed by atoms with Crippen molar-refractivity contribution >= 4 is 22.6 Å². The standard InChI is InChI=1S/C24H33N5O2/c1-6-7-16(30-5)13-26-23-29-28-22(31-23)20-12-19(25)17-10-15(14-8-9-14)11-18(21(17)27-20)24(2,3)4/h10-12,14,16H,6-9,13H2,1-5H3,(H2,25,27)(H,26,29). The van der Waals surface area contributed by atoms with E-state index in [1.54, 1.807) is 7.11 Å². The van der Waals surface area contributed by atoms with Crippen molar-refractivity contribution in [1.82, 2.24) is 15.2 Å². The lowest BCUT2D eigenvalue weighted by atomic mass is 9.83. The Morgan fingerprint density at radius 3 is 2.65 bits per heavy atom. The fourth-order valence-electron chi connectivity index (χ4n) is 3.93. The smallest absolute Gasteiger partial charge is 0.315 e. The maximum atomic E-state index is 6.49. The van der Waals surface area contributed by atoms with Crippen LogP contribution in [-0.4, -0.2) is 34.9 Å². The van der Waals surface area contributed by atoms with Gasteiger partial charge in [0, 0.05) is 24.7 Å². The largest absolute Gasteiger partial charge is 0.402 e. The molecule has 1 fully saturated rings. The lowest BCUT2D eigenvalue weighted by Gasteiger charge is -2.23. The van der Waals surface area contributed by atoms with Crippen molar-refractivity contribution in [2.75, 3.05) is 24.7 Å². The Labute approximate surface area is 183 Å². The number of nitrogens with one attached hydrogen (secondary N) is 1. The molecule has 7 nitrogen and oxygen atoms in total. The van der Waals surface area contributed by atoms with Crippen LogP contribution in [0.2, 0.25) is 0 Å². The van der Waals surface area contributed by atoms with Crippen LogP contribution in [0.4, 0.5) is 11.7 Å². The number of hydrogen-bond acceptors (Lipinski definition) is 7. The van der Waals surface area contributed by atoms with Crippen LogP contribution in [0.25, 0.3) is 22.5 Å². The summed E-state index contributed by atoms with van der Waals surface area (Å²) in [5.74, 6) is 1.00. The van der Waals surface area contributed by atoms with Gasteiger partial charge >= 0.3 is 6.01 Å². The molecule has 4 rings (SSSR count). The molecule has 1 aromatic carbocycles. The number of fused-ring (bicyclic) bond motifs is 1. The van der Waals surface area contributed by atoms with Gasteiger partial charge in [-0.2, -0.15) is 0 Å². The monoisotopic (exact) mass is 423 g/mol. The fourth-order valence-corrected chi connectivity index (χ4v) is 3.93. The minimum Gasteiger partial charge on any atom is -0.402 e. The second kappa shape index (κ2) is 8.46. The maximum Gasteiger partial charge on any atom is 0.315 e. The molecule has 1 aliphatic rings. The second-order valence-corrected chi connectivity index (χ2v) is 9.53. The van der Waals surface area contributed by atoms with Crippen LogP contribution >= 0.6 is 0 Å². The highest BCUT2D eigenvalue weighted by molar-refractivity contribution is 5.95. The highest BCUT2D eigenvalue weighted by atomic mass is 16.5. The van der Waals surface area contributed by atoms with Gasteiger partial charge in [-0.15, -0.1) is 5.10 Å². The normalized spacial score (nSPS) is 15.4. The van der Waals surface area contributed by atoms with Crippen molar-refractivity contribution in [1.29, 1.82) is 0 Å². The van der Waals surface area contributed by atoms with Crippen molar-refractivity contribution < 1.29 is 9.15 Å². The molecular formula is C24H33N5O2. The van der Waals surface area contributed by atoms with Crippen molar-refractivity contribution in [3.63, 3.8) is 0 Å². The summed E-state index contributed by atoms with van der Waals surface area (Å²) >= 11 is 0. The average molecular weight is 424 g/mol. The second-order valence-electron chi connectivity index (χ2n) is 9.53. The summed E-state index contributed by atoms with van der Waals surface area (Å²) in [6.45, 7) is 9.37. The third kappa shape index (κ3) is 4.66. The van der Waals surface area contributed by atoms with E-state index < -0.39 is 0 Å². The SMILES string of the molecule is CCCC(CNc1nnc(-c2cc(N)c3cc(C4CC4)cc(C(C)(C)C)c3n2)o1)OC. The summed E-state index contributed by atoms with van der Waals surface area (Å²) in [5, 5.41) is 12.5. The average Bonchev–Trinajstić information content (AvgIpc) is 3.47. The number of pyridine rings is 1. The molecule has 1 aliphatic carbocycles. The summed E-state index contributed by atoms with van der Waals surface area (Å²) < 4.78 is 11.3. The molecule has 0 radical (unpaired) electrons. The van der Waals surface area contributed by atoms with E-state index >= 15 is 0 Å². The number of ether oxygens (including phenoxy) is 1. The van der Waals surface area contributed by atoms with E-state index in [0.717, 1.165) is 23.7 Å². The van der Waals surface area contributed by atoms with E-state index in [4.69, 9.17) is 19.9 Å². The molecule has 31 heavy (non-hydrogen) atoms. The number of nitrogens with two attached hydrogens (primary N) is 1. The quantitative estimate of drug-likeness (QED) is 0.509. The topological polar surface area (TPSA) is 99.1 Å². The Bertz CT molecular complexity index is 1070. The zero-order valence-electron chi connectivity index (χ0n) is 19.2. The Balaban J connectivity index is 1.68. The molecule has 3 N–H and O–H groups in total. The van der Waals surface area contributed by atoms with Gasteiger partial charge in [0.15, 0.2) is 0 Å². The predicted molar refractivity (Wildman–Crippen MR) is 124 cm³/mol. The number of anilines is 2.